The lowest BCUT2D eigenvalue weighted by molar-refractivity contribution is -0.387. The second kappa shape index (κ2) is 10.3. The molecule has 2 aromatic rings. The van der Waals surface area contributed by atoms with Crippen LogP contribution in [0.1, 0.15) is 33.3 Å². The molecule has 13 nitrogen and oxygen atoms in total. The molecular weight excluding hydrogens is 472 g/mol. The summed E-state index contributed by atoms with van der Waals surface area (Å²) < 4.78 is 45.4. The number of nitrogens with zero attached hydrogens (tertiary/aromatic N) is 4. The normalized spacial score (nSPS) is 11.3. The third-order valence-corrected chi connectivity index (χ3v) is 4.49. The molecule has 0 bridgehead atoms. The summed E-state index contributed by atoms with van der Waals surface area (Å²) in [5, 5.41) is 20.2. The van der Waals surface area contributed by atoms with Gasteiger partial charge in [0.15, 0.2) is 18.1 Å². The molecule has 0 saturated heterocycles. The molecule has 0 aliphatic carbocycles. The number of nitro groups is 1. The summed E-state index contributed by atoms with van der Waals surface area (Å²) in [7, 11) is -4.09. The van der Waals surface area contributed by atoms with Crippen molar-refractivity contribution in [3.8, 4) is 29.3 Å². The lowest BCUT2D eigenvalue weighted by atomic mass is 10.1. The van der Waals surface area contributed by atoms with Gasteiger partial charge in [0.1, 0.15) is 5.60 Å². The van der Waals surface area contributed by atoms with Crippen molar-refractivity contribution in [2.45, 2.75) is 38.5 Å². The Hall–Kier alpha value is -3.99. The fraction of sp³-hybridized carbons (Fsp3) is 0.400. The smallest absolute Gasteiger partial charge is 0.392 e. The van der Waals surface area contributed by atoms with Crippen molar-refractivity contribution in [2.24, 2.45) is 0 Å². The van der Waals surface area contributed by atoms with Gasteiger partial charge in [0, 0.05) is 12.3 Å². The van der Waals surface area contributed by atoms with Gasteiger partial charge in [0.2, 0.25) is 9.84 Å². The van der Waals surface area contributed by atoms with Gasteiger partial charge < -0.3 is 18.9 Å². The molecule has 0 N–H and O–H groups in total. The van der Waals surface area contributed by atoms with E-state index in [1.807, 2.05) is 6.07 Å². The average molecular weight is 494 g/mol. The maximum absolute atomic E-state index is 12.1. The number of aromatic nitrogens is 2. The van der Waals surface area contributed by atoms with Crippen LogP contribution in [-0.2, 0) is 19.4 Å². The third kappa shape index (κ3) is 7.01. The Kier molecular flexibility index (Phi) is 7.96. The largest absolute Gasteiger partial charge is 0.484 e. The van der Waals surface area contributed by atoms with Crippen LogP contribution < -0.4 is 14.2 Å². The Labute approximate surface area is 195 Å². The van der Waals surface area contributed by atoms with E-state index in [4.69, 9.17) is 18.9 Å². The van der Waals surface area contributed by atoms with Gasteiger partial charge in [0.25, 0.3) is 5.16 Å². The fourth-order valence-electron chi connectivity index (χ4n) is 2.40. The zero-order valence-corrected chi connectivity index (χ0v) is 19.8. The first-order valence-electron chi connectivity index (χ1n) is 9.71. The lowest BCUT2D eigenvalue weighted by Gasteiger charge is -2.23. The Morgan fingerprint density at radius 1 is 1.21 bits per heavy atom. The number of rotatable bonds is 9. The number of ether oxygens (including phenoxy) is 4. The molecule has 0 unspecified atom stereocenters. The van der Waals surface area contributed by atoms with Crippen LogP contribution in [0.15, 0.2) is 23.4 Å². The van der Waals surface area contributed by atoms with E-state index in [1.54, 1.807) is 27.7 Å². The number of esters is 1. The molecule has 34 heavy (non-hydrogen) atoms. The van der Waals surface area contributed by atoms with Gasteiger partial charge in [-0.15, -0.1) is 0 Å². The Morgan fingerprint density at radius 3 is 2.38 bits per heavy atom. The SMILES string of the molecule is CCOC(=O)COc1nc(S(C)(=O)=O)nc(Oc2cc(C#N)ccc2OC(C)(C)C)c1[N+](=O)[O-]. The number of hydrogen-bond donors (Lipinski definition) is 0. The Morgan fingerprint density at radius 2 is 1.85 bits per heavy atom. The van der Waals surface area contributed by atoms with E-state index < -0.39 is 55.5 Å². The van der Waals surface area contributed by atoms with Crippen molar-refractivity contribution in [2.75, 3.05) is 19.5 Å². The second-order valence-electron chi connectivity index (χ2n) is 7.68. The maximum Gasteiger partial charge on any atom is 0.392 e. The predicted octanol–water partition coefficient (Wildman–Crippen LogP) is 2.57. The van der Waals surface area contributed by atoms with Crippen molar-refractivity contribution in [1.82, 2.24) is 9.97 Å². The van der Waals surface area contributed by atoms with Crippen molar-refractivity contribution >= 4 is 21.5 Å². The first-order chi connectivity index (χ1) is 15.7. The van der Waals surface area contributed by atoms with Crippen molar-refractivity contribution in [1.29, 1.82) is 5.26 Å². The van der Waals surface area contributed by atoms with E-state index in [1.165, 1.54) is 18.2 Å². The van der Waals surface area contributed by atoms with Crippen LogP contribution in [0, 0.1) is 21.4 Å². The highest BCUT2D eigenvalue weighted by molar-refractivity contribution is 7.90. The van der Waals surface area contributed by atoms with E-state index in [2.05, 4.69) is 9.97 Å². The number of carbonyl (C=O) groups is 1. The molecule has 0 radical (unpaired) electrons. The van der Waals surface area contributed by atoms with Crippen molar-refractivity contribution in [3.05, 3.63) is 33.9 Å². The van der Waals surface area contributed by atoms with Gasteiger partial charge in [-0.05, 0) is 39.8 Å². The predicted molar refractivity (Wildman–Crippen MR) is 116 cm³/mol. The summed E-state index contributed by atoms with van der Waals surface area (Å²) in [4.78, 5) is 29.8. The van der Waals surface area contributed by atoms with Crippen molar-refractivity contribution in [3.63, 3.8) is 0 Å². The standard InChI is InChI=1S/C20H22N4O9S/c1-6-30-15(25)11-31-17-16(24(26)27)18(23-19(22-17)34(5,28)29)32-14-9-12(10-21)7-8-13(14)33-20(2,3)4/h7-9H,6,11H2,1-5H3. The Bertz CT molecular complexity index is 1250. The zero-order chi connectivity index (χ0) is 25.7. The molecule has 0 aliphatic rings. The molecule has 2 rings (SSSR count). The highest BCUT2D eigenvalue weighted by Gasteiger charge is 2.32. The lowest BCUT2D eigenvalue weighted by Crippen LogP contribution is -2.23. The van der Waals surface area contributed by atoms with Gasteiger partial charge in [-0.2, -0.15) is 15.2 Å². The van der Waals surface area contributed by atoms with Gasteiger partial charge in [-0.25, -0.2) is 13.2 Å². The van der Waals surface area contributed by atoms with E-state index >= 15 is 0 Å². The molecule has 1 heterocycles. The minimum Gasteiger partial charge on any atom is -0.484 e. The molecule has 0 atom stereocenters. The van der Waals surface area contributed by atoms with E-state index in [0.29, 0.717) is 0 Å². The molecule has 0 aliphatic heterocycles. The monoisotopic (exact) mass is 494 g/mol. The molecule has 0 fully saturated rings. The van der Waals surface area contributed by atoms with E-state index in [-0.39, 0.29) is 23.7 Å². The summed E-state index contributed by atoms with van der Waals surface area (Å²) in [6.45, 7) is 6.02. The zero-order valence-electron chi connectivity index (χ0n) is 19.0. The molecule has 1 aromatic carbocycles. The topological polar surface area (TPSA) is 181 Å². The number of nitriles is 1. The second-order valence-corrected chi connectivity index (χ2v) is 9.59. The summed E-state index contributed by atoms with van der Waals surface area (Å²) in [6.07, 6.45) is 0.775. The summed E-state index contributed by atoms with van der Waals surface area (Å²) >= 11 is 0. The van der Waals surface area contributed by atoms with Crippen molar-refractivity contribution < 1.29 is 37.1 Å². The third-order valence-electron chi connectivity index (χ3n) is 3.64. The molecule has 14 heteroatoms. The van der Waals surface area contributed by atoms with Crippen LogP contribution in [0.25, 0.3) is 0 Å². The Balaban J connectivity index is 2.68. The molecule has 0 amide bonds. The molecular formula is C20H22N4O9S. The van der Waals surface area contributed by atoms with Crippen LogP contribution >= 0.6 is 0 Å². The quantitative estimate of drug-likeness (QED) is 0.215. The molecule has 0 spiro atoms. The highest BCUT2D eigenvalue weighted by Crippen LogP contribution is 2.41. The molecule has 0 saturated carbocycles. The summed E-state index contributed by atoms with van der Waals surface area (Å²) in [5.41, 5.74) is -1.52. The highest BCUT2D eigenvalue weighted by atomic mass is 32.2. The first-order valence-corrected chi connectivity index (χ1v) is 11.6. The van der Waals surface area contributed by atoms with E-state index in [0.717, 1.165) is 6.26 Å². The maximum atomic E-state index is 12.1. The van der Waals surface area contributed by atoms with E-state index in [9.17, 15) is 28.6 Å². The molecule has 182 valence electrons. The minimum absolute atomic E-state index is 0.0306. The summed E-state index contributed by atoms with van der Waals surface area (Å²) in [5.74, 6) is -2.52. The van der Waals surface area contributed by atoms with Gasteiger partial charge in [-0.3, -0.25) is 10.1 Å². The summed E-state index contributed by atoms with van der Waals surface area (Å²) in [6, 6.07) is 6.00. The average Bonchev–Trinajstić information content (AvgIpc) is 2.71. The fourth-order valence-corrected chi connectivity index (χ4v) is 2.89. The number of sulfone groups is 1. The van der Waals surface area contributed by atoms with Gasteiger partial charge in [0.05, 0.1) is 23.2 Å². The van der Waals surface area contributed by atoms with Gasteiger partial charge >= 0.3 is 23.4 Å². The van der Waals surface area contributed by atoms with Crippen LogP contribution in [-0.4, -0.2) is 54.3 Å². The van der Waals surface area contributed by atoms with Gasteiger partial charge in [-0.1, -0.05) is 0 Å². The number of benzene rings is 1. The van der Waals surface area contributed by atoms with Crippen LogP contribution in [0.2, 0.25) is 0 Å². The van der Waals surface area contributed by atoms with Crippen LogP contribution in [0.3, 0.4) is 0 Å². The minimum atomic E-state index is -4.09. The van der Waals surface area contributed by atoms with Crippen LogP contribution in [0.4, 0.5) is 5.69 Å². The van der Waals surface area contributed by atoms with Crippen LogP contribution in [0.5, 0.6) is 23.3 Å². The molecule has 1 aromatic heterocycles. The number of hydrogen-bond acceptors (Lipinski definition) is 12. The first kappa shape index (κ1) is 26.3. The number of carbonyl (C=O) groups excluding carboxylic acids is 1.